The highest BCUT2D eigenvalue weighted by Gasteiger charge is 2.19. The Kier molecular flexibility index (Phi) is 7.38. The Morgan fingerprint density at radius 1 is 0.774 bits per heavy atom. The highest BCUT2D eigenvalue weighted by atomic mass is 16.5. The van der Waals surface area contributed by atoms with Gasteiger partial charge in [-0.15, -0.1) is 0 Å². The first-order valence-electron chi connectivity index (χ1n) is 11.0. The van der Waals surface area contributed by atoms with Crippen molar-refractivity contribution in [2.24, 2.45) is 0 Å². The van der Waals surface area contributed by atoms with Crippen LogP contribution >= 0.6 is 0 Å². The summed E-state index contributed by atoms with van der Waals surface area (Å²) in [7, 11) is 0. The highest BCUT2D eigenvalue weighted by Crippen LogP contribution is 2.30. The van der Waals surface area contributed by atoms with Crippen LogP contribution in [0.5, 0.6) is 11.5 Å². The fourth-order valence-corrected chi connectivity index (χ4v) is 4.04. The van der Waals surface area contributed by atoms with E-state index in [9.17, 15) is 0 Å². The molecule has 0 unspecified atom stereocenters. The summed E-state index contributed by atoms with van der Waals surface area (Å²) >= 11 is 0. The van der Waals surface area contributed by atoms with E-state index >= 15 is 0 Å². The molecule has 1 saturated heterocycles. The molecule has 1 heterocycles. The zero-order valence-corrected chi connectivity index (χ0v) is 17.9. The van der Waals surface area contributed by atoms with Crippen molar-refractivity contribution in [1.29, 1.82) is 5.26 Å². The summed E-state index contributed by atoms with van der Waals surface area (Å²) in [5.74, 6) is 1.79. The molecule has 3 aromatic carbocycles. The highest BCUT2D eigenvalue weighted by molar-refractivity contribution is 5.87. The van der Waals surface area contributed by atoms with E-state index in [4.69, 9.17) is 14.7 Å². The Morgan fingerprint density at radius 2 is 1.48 bits per heavy atom. The monoisotopic (exact) mass is 415 g/mol. The molecule has 0 N–H and O–H groups in total. The number of piperazine rings is 1. The Balaban J connectivity index is 1.41. The van der Waals surface area contributed by atoms with E-state index in [1.165, 1.54) is 16.3 Å². The third kappa shape index (κ3) is 5.75. The quantitative estimate of drug-likeness (QED) is 0.487. The van der Waals surface area contributed by atoms with E-state index in [1.807, 2.05) is 30.3 Å². The number of para-hydroxylation sites is 1. The third-order valence-electron chi connectivity index (χ3n) is 5.74. The lowest BCUT2D eigenvalue weighted by molar-refractivity contribution is 0.128. The average molecular weight is 416 g/mol. The molecule has 0 spiro atoms. The molecule has 160 valence electrons. The van der Waals surface area contributed by atoms with Gasteiger partial charge in [-0.1, -0.05) is 48.5 Å². The molecule has 0 bridgehead atoms. The first-order valence-corrected chi connectivity index (χ1v) is 11.0. The van der Waals surface area contributed by atoms with Crippen molar-refractivity contribution in [3.05, 3.63) is 72.3 Å². The lowest BCUT2D eigenvalue weighted by Crippen LogP contribution is -2.46. The second kappa shape index (κ2) is 10.8. The Labute approximate surface area is 184 Å². The standard InChI is InChI=1S/C26H29N3O2/c27-13-6-14-28-15-17-29(18-16-28)21-25-24-10-5-4-7-22(24)11-12-26(25)31-20-19-30-23-8-2-1-3-9-23/h1-5,7-12H,6,14-21H2. The number of fused-ring (bicyclic) bond motifs is 1. The van der Waals surface area contributed by atoms with Gasteiger partial charge in [-0.05, 0) is 29.0 Å². The minimum atomic E-state index is 0.502. The first kappa shape index (κ1) is 21.2. The zero-order valence-electron chi connectivity index (χ0n) is 17.9. The van der Waals surface area contributed by atoms with Crippen molar-refractivity contribution >= 4 is 10.8 Å². The molecule has 0 aromatic heterocycles. The summed E-state index contributed by atoms with van der Waals surface area (Å²) in [5.41, 5.74) is 1.24. The molecule has 5 nitrogen and oxygen atoms in total. The normalized spacial score (nSPS) is 14.9. The topological polar surface area (TPSA) is 48.7 Å². The van der Waals surface area contributed by atoms with Gasteiger partial charge < -0.3 is 9.47 Å². The van der Waals surface area contributed by atoms with Gasteiger partial charge in [-0.3, -0.25) is 9.80 Å². The molecule has 0 saturated carbocycles. The van der Waals surface area contributed by atoms with Crippen molar-refractivity contribution in [3.8, 4) is 17.6 Å². The molecule has 0 amide bonds. The number of ether oxygens (including phenoxy) is 2. The van der Waals surface area contributed by atoms with Gasteiger partial charge in [0, 0.05) is 51.3 Å². The van der Waals surface area contributed by atoms with E-state index < -0.39 is 0 Å². The van der Waals surface area contributed by atoms with Crippen LogP contribution in [0.25, 0.3) is 10.8 Å². The van der Waals surface area contributed by atoms with Crippen LogP contribution < -0.4 is 9.47 Å². The predicted molar refractivity (Wildman–Crippen MR) is 123 cm³/mol. The maximum Gasteiger partial charge on any atom is 0.124 e. The van der Waals surface area contributed by atoms with Gasteiger partial charge in [-0.25, -0.2) is 0 Å². The molecule has 1 aliphatic rings. The number of hydrogen-bond acceptors (Lipinski definition) is 5. The molecule has 5 heteroatoms. The summed E-state index contributed by atoms with van der Waals surface area (Å²) in [6, 6.07) is 24.8. The molecule has 3 aromatic rings. The van der Waals surface area contributed by atoms with Crippen LogP contribution in [-0.4, -0.2) is 55.7 Å². The fourth-order valence-electron chi connectivity index (χ4n) is 4.04. The average Bonchev–Trinajstić information content (AvgIpc) is 2.83. The van der Waals surface area contributed by atoms with E-state index in [2.05, 4.69) is 52.3 Å². The van der Waals surface area contributed by atoms with Crippen molar-refractivity contribution in [1.82, 2.24) is 9.80 Å². The van der Waals surface area contributed by atoms with Crippen LogP contribution in [0.4, 0.5) is 0 Å². The molecule has 0 aliphatic carbocycles. The number of benzene rings is 3. The summed E-state index contributed by atoms with van der Waals surface area (Å²) in [4.78, 5) is 4.86. The fraction of sp³-hybridized carbons (Fsp3) is 0.346. The van der Waals surface area contributed by atoms with Gasteiger partial charge in [0.05, 0.1) is 6.07 Å². The Bertz CT molecular complexity index is 1010. The number of nitriles is 1. The molecule has 31 heavy (non-hydrogen) atoms. The molecule has 1 aliphatic heterocycles. The summed E-state index contributed by atoms with van der Waals surface area (Å²) < 4.78 is 12.0. The maximum atomic E-state index is 8.82. The summed E-state index contributed by atoms with van der Waals surface area (Å²) in [5, 5.41) is 11.3. The van der Waals surface area contributed by atoms with Gasteiger partial charge in [0.1, 0.15) is 24.7 Å². The van der Waals surface area contributed by atoms with Crippen LogP contribution in [0.1, 0.15) is 12.0 Å². The second-order valence-corrected chi connectivity index (χ2v) is 7.80. The van der Waals surface area contributed by atoms with Crippen LogP contribution in [0.2, 0.25) is 0 Å². The molecule has 0 atom stereocenters. The summed E-state index contributed by atoms with van der Waals surface area (Å²) in [6.07, 6.45) is 0.604. The molecule has 0 radical (unpaired) electrons. The minimum absolute atomic E-state index is 0.502. The van der Waals surface area contributed by atoms with E-state index in [-0.39, 0.29) is 0 Å². The largest absolute Gasteiger partial charge is 0.490 e. The summed E-state index contributed by atoms with van der Waals surface area (Å²) in [6.45, 7) is 6.77. The molecule has 4 rings (SSSR count). The van der Waals surface area contributed by atoms with E-state index in [0.29, 0.717) is 19.6 Å². The van der Waals surface area contributed by atoms with Gasteiger partial charge in [-0.2, -0.15) is 5.26 Å². The Hall–Kier alpha value is -3.07. The van der Waals surface area contributed by atoms with Crippen molar-refractivity contribution < 1.29 is 9.47 Å². The SMILES string of the molecule is N#CCCN1CCN(Cc2c(OCCOc3ccccc3)ccc3ccccc23)CC1. The van der Waals surface area contributed by atoms with Gasteiger partial charge in [0.2, 0.25) is 0 Å². The van der Waals surface area contributed by atoms with E-state index in [1.54, 1.807) is 0 Å². The maximum absolute atomic E-state index is 8.82. The van der Waals surface area contributed by atoms with Crippen LogP contribution in [0.3, 0.4) is 0 Å². The van der Waals surface area contributed by atoms with Crippen LogP contribution in [0.15, 0.2) is 66.7 Å². The number of hydrogen-bond donors (Lipinski definition) is 0. The molecular formula is C26H29N3O2. The Morgan fingerprint density at radius 3 is 2.29 bits per heavy atom. The van der Waals surface area contributed by atoms with Crippen molar-refractivity contribution in [3.63, 3.8) is 0 Å². The number of nitrogens with zero attached hydrogens (tertiary/aromatic N) is 3. The minimum Gasteiger partial charge on any atom is -0.490 e. The van der Waals surface area contributed by atoms with Gasteiger partial charge in [0.15, 0.2) is 0 Å². The third-order valence-corrected chi connectivity index (χ3v) is 5.74. The second-order valence-electron chi connectivity index (χ2n) is 7.80. The van der Waals surface area contributed by atoms with Crippen molar-refractivity contribution in [2.45, 2.75) is 13.0 Å². The predicted octanol–water partition coefficient (Wildman–Crippen LogP) is 4.33. The number of rotatable bonds is 9. The van der Waals surface area contributed by atoms with Crippen LogP contribution in [0, 0.1) is 11.3 Å². The lowest BCUT2D eigenvalue weighted by Gasteiger charge is -2.34. The van der Waals surface area contributed by atoms with Gasteiger partial charge >= 0.3 is 0 Å². The first-order chi connectivity index (χ1) is 15.3. The zero-order chi connectivity index (χ0) is 21.3. The molecular weight excluding hydrogens is 386 g/mol. The smallest absolute Gasteiger partial charge is 0.124 e. The lowest BCUT2D eigenvalue weighted by atomic mass is 10.0. The molecule has 1 fully saturated rings. The van der Waals surface area contributed by atoms with Gasteiger partial charge in [0.25, 0.3) is 0 Å². The van der Waals surface area contributed by atoms with E-state index in [0.717, 1.165) is 50.8 Å². The van der Waals surface area contributed by atoms with Crippen molar-refractivity contribution in [2.75, 3.05) is 45.9 Å². The van der Waals surface area contributed by atoms with Crippen LogP contribution in [-0.2, 0) is 6.54 Å².